The van der Waals surface area contributed by atoms with E-state index in [0.717, 1.165) is 6.07 Å². The highest BCUT2D eigenvalue weighted by Crippen LogP contribution is 2.36. The summed E-state index contributed by atoms with van der Waals surface area (Å²) in [6, 6.07) is 8.70. The number of nitro benzene ring substituents is 1. The molecule has 0 fully saturated rings. The maximum atomic E-state index is 11.9. The monoisotopic (exact) mass is 363 g/mol. The molecule has 8 nitrogen and oxygen atoms in total. The van der Waals surface area contributed by atoms with Gasteiger partial charge in [-0.15, -0.1) is 0 Å². The average molecular weight is 364 g/mol. The van der Waals surface area contributed by atoms with Crippen LogP contribution >= 0.6 is 11.6 Å². The van der Waals surface area contributed by atoms with E-state index >= 15 is 0 Å². The van der Waals surface area contributed by atoms with Crippen LogP contribution in [0.3, 0.4) is 0 Å². The minimum absolute atomic E-state index is 0.0397. The van der Waals surface area contributed by atoms with Gasteiger partial charge in [-0.05, 0) is 37.3 Å². The lowest BCUT2D eigenvalue weighted by Crippen LogP contribution is -2.17. The third-order valence-electron chi connectivity index (χ3n) is 3.06. The second kappa shape index (κ2) is 8.11. The Bertz CT molecular complexity index is 821. The minimum Gasteiger partial charge on any atom is -0.500 e. The van der Waals surface area contributed by atoms with Crippen LogP contribution in [0.2, 0.25) is 5.02 Å². The first-order valence-corrected chi connectivity index (χ1v) is 7.53. The summed E-state index contributed by atoms with van der Waals surface area (Å²) < 4.78 is 5.16. The van der Waals surface area contributed by atoms with Gasteiger partial charge in [-0.3, -0.25) is 14.9 Å². The van der Waals surface area contributed by atoms with Gasteiger partial charge in [-0.1, -0.05) is 11.6 Å². The minimum atomic E-state index is -0.735. The fraction of sp³-hybridized carbons (Fsp3) is 0.125. The lowest BCUT2D eigenvalue weighted by Gasteiger charge is -2.07. The van der Waals surface area contributed by atoms with Crippen molar-refractivity contribution in [2.75, 3.05) is 6.61 Å². The topological polar surface area (TPSA) is 114 Å². The van der Waals surface area contributed by atoms with Crippen molar-refractivity contribution in [1.82, 2.24) is 5.43 Å². The molecule has 2 rings (SSSR count). The van der Waals surface area contributed by atoms with Gasteiger partial charge in [-0.25, -0.2) is 5.43 Å². The molecule has 2 aromatic rings. The molecule has 0 spiro atoms. The summed E-state index contributed by atoms with van der Waals surface area (Å²) in [5.74, 6) is -1.07. The number of phenols is 1. The molecule has 1 amide bonds. The highest BCUT2D eigenvalue weighted by molar-refractivity contribution is 6.30. The van der Waals surface area contributed by atoms with Crippen LogP contribution in [0.15, 0.2) is 41.5 Å². The molecule has 0 aliphatic rings. The molecule has 0 heterocycles. The quantitative estimate of drug-likeness (QED) is 0.465. The number of amides is 1. The molecule has 0 aromatic heterocycles. The number of phenolic OH excluding ortho intramolecular Hbond substituents is 1. The van der Waals surface area contributed by atoms with Crippen LogP contribution < -0.4 is 10.2 Å². The third kappa shape index (κ3) is 4.67. The van der Waals surface area contributed by atoms with Crippen molar-refractivity contribution in [3.8, 4) is 11.5 Å². The lowest BCUT2D eigenvalue weighted by atomic mass is 10.2. The van der Waals surface area contributed by atoms with Crippen molar-refractivity contribution in [1.29, 1.82) is 0 Å². The van der Waals surface area contributed by atoms with Crippen molar-refractivity contribution in [2.45, 2.75) is 6.92 Å². The summed E-state index contributed by atoms with van der Waals surface area (Å²) in [6.45, 7) is 1.90. The number of nitrogens with one attached hydrogen (secondary N) is 1. The zero-order valence-corrected chi connectivity index (χ0v) is 13.9. The SMILES string of the molecule is CCOc1cc(C=NNC(=O)c2ccc(Cl)cc2)cc([N+](=O)[O-])c1O. The molecule has 0 saturated heterocycles. The third-order valence-corrected chi connectivity index (χ3v) is 3.31. The number of ether oxygens (including phenoxy) is 1. The van der Waals surface area contributed by atoms with Crippen molar-refractivity contribution in [3.63, 3.8) is 0 Å². The number of halogens is 1. The maximum Gasteiger partial charge on any atom is 0.315 e. The van der Waals surface area contributed by atoms with Crippen LogP contribution in [-0.2, 0) is 0 Å². The lowest BCUT2D eigenvalue weighted by molar-refractivity contribution is -0.386. The number of hydrogen-bond acceptors (Lipinski definition) is 6. The molecule has 2 N–H and O–H groups in total. The van der Waals surface area contributed by atoms with Gasteiger partial charge in [0.05, 0.1) is 17.7 Å². The van der Waals surface area contributed by atoms with Crippen LogP contribution in [-0.4, -0.2) is 28.8 Å². The molecule has 0 aliphatic carbocycles. The number of benzene rings is 2. The first kappa shape index (κ1) is 18.2. The number of aromatic hydroxyl groups is 1. The smallest absolute Gasteiger partial charge is 0.315 e. The van der Waals surface area contributed by atoms with Crippen LogP contribution in [0.4, 0.5) is 5.69 Å². The molecule has 9 heteroatoms. The van der Waals surface area contributed by atoms with E-state index in [1.54, 1.807) is 19.1 Å². The largest absolute Gasteiger partial charge is 0.500 e. The number of carbonyl (C=O) groups is 1. The summed E-state index contributed by atoms with van der Waals surface area (Å²) in [7, 11) is 0. The number of nitrogens with zero attached hydrogens (tertiary/aromatic N) is 2. The highest BCUT2D eigenvalue weighted by atomic mass is 35.5. The van der Waals surface area contributed by atoms with E-state index in [-0.39, 0.29) is 17.9 Å². The van der Waals surface area contributed by atoms with Crippen LogP contribution in [0.1, 0.15) is 22.8 Å². The first-order chi connectivity index (χ1) is 11.9. The predicted molar refractivity (Wildman–Crippen MR) is 92.4 cm³/mol. The summed E-state index contributed by atoms with van der Waals surface area (Å²) in [5, 5.41) is 25.1. The number of hydrazone groups is 1. The first-order valence-electron chi connectivity index (χ1n) is 7.15. The fourth-order valence-corrected chi connectivity index (χ4v) is 2.05. The Kier molecular flexibility index (Phi) is 5.91. The molecule has 130 valence electrons. The zero-order chi connectivity index (χ0) is 18.4. The van der Waals surface area contributed by atoms with Gasteiger partial charge >= 0.3 is 5.69 Å². The molecule has 0 radical (unpaired) electrons. The van der Waals surface area contributed by atoms with Crippen LogP contribution in [0, 0.1) is 10.1 Å². The normalized spacial score (nSPS) is 10.6. The molecule has 2 aromatic carbocycles. The second-order valence-electron chi connectivity index (χ2n) is 4.78. The van der Waals surface area contributed by atoms with E-state index in [4.69, 9.17) is 16.3 Å². The summed E-state index contributed by atoms with van der Waals surface area (Å²) in [5.41, 5.74) is 2.42. The number of carbonyl (C=O) groups excluding carboxylic acids is 1. The highest BCUT2D eigenvalue weighted by Gasteiger charge is 2.19. The Morgan fingerprint density at radius 2 is 2.08 bits per heavy atom. The van der Waals surface area contributed by atoms with Crippen molar-refractivity contribution in [2.24, 2.45) is 5.10 Å². The molecule has 0 unspecified atom stereocenters. The van der Waals surface area contributed by atoms with E-state index in [1.807, 2.05) is 0 Å². The zero-order valence-electron chi connectivity index (χ0n) is 13.1. The molecule has 0 saturated carbocycles. The van der Waals surface area contributed by atoms with E-state index in [1.165, 1.54) is 24.4 Å². The van der Waals surface area contributed by atoms with Gasteiger partial charge in [0.25, 0.3) is 5.91 Å². The summed E-state index contributed by atoms with van der Waals surface area (Å²) in [4.78, 5) is 22.2. The fourth-order valence-electron chi connectivity index (χ4n) is 1.92. The Hall–Kier alpha value is -3.13. The van der Waals surface area contributed by atoms with Gasteiger partial charge < -0.3 is 9.84 Å². The van der Waals surface area contributed by atoms with E-state index in [0.29, 0.717) is 10.6 Å². The van der Waals surface area contributed by atoms with E-state index < -0.39 is 22.3 Å². The summed E-state index contributed by atoms with van der Waals surface area (Å²) >= 11 is 5.75. The molecule has 25 heavy (non-hydrogen) atoms. The second-order valence-corrected chi connectivity index (χ2v) is 5.22. The van der Waals surface area contributed by atoms with Gasteiger partial charge in [-0.2, -0.15) is 5.10 Å². The Morgan fingerprint density at radius 3 is 2.68 bits per heavy atom. The van der Waals surface area contributed by atoms with Gasteiger partial charge in [0.1, 0.15) is 0 Å². The average Bonchev–Trinajstić information content (AvgIpc) is 2.58. The number of hydrogen-bond donors (Lipinski definition) is 2. The number of nitro groups is 1. The van der Waals surface area contributed by atoms with E-state index in [2.05, 4.69) is 10.5 Å². The molecule has 0 bridgehead atoms. The Morgan fingerprint density at radius 1 is 1.40 bits per heavy atom. The van der Waals surface area contributed by atoms with E-state index in [9.17, 15) is 20.0 Å². The van der Waals surface area contributed by atoms with Crippen LogP contribution in [0.5, 0.6) is 11.5 Å². The molecular formula is C16H14ClN3O5. The van der Waals surface area contributed by atoms with Crippen molar-refractivity contribution < 1.29 is 19.6 Å². The van der Waals surface area contributed by atoms with Gasteiger partial charge in [0, 0.05) is 22.2 Å². The Balaban J connectivity index is 2.18. The van der Waals surface area contributed by atoms with Crippen molar-refractivity contribution >= 4 is 29.4 Å². The maximum absolute atomic E-state index is 11.9. The predicted octanol–water partition coefficient (Wildman–Crippen LogP) is 3.12. The van der Waals surface area contributed by atoms with Crippen molar-refractivity contribution in [3.05, 3.63) is 62.7 Å². The standard InChI is InChI=1S/C16H14ClN3O5/c1-2-25-14-8-10(7-13(15(14)21)20(23)24)9-18-19-16(22)11-3-5-12(17)6-4-11/h3-9,21H,2H2,1H3,(H,19,22). The van der Waals surface area contributed by atoms with Gasteiger partial charge in [0.2, 0.25) is 5.75 Å². The Labute approximate surface area is 147 Å². The molecular weight excluding hydrogens is 350 g/mol. The van der Waals surface area contributed by atoms with Crippen LogP contribution in [0.25, 0.3) is 0 Å². The molecule has 0 aliphatic heterocycles. The molecule has 0 atom stereocenters. The van der Waals surface area contributed by atoms with Gasteiger partial charge in [0.15, 0.2) is 5.75 Å². The number of rotatable bonds is 6. The summed E-state index contributed by atoms with van der Waals surface area (Å²) in [6.07, 6.45) is 1.21.